The van der Waals surface area contributed by atoms with Crippen LogP contribution in [0.3, 0.4) is 0 Å². The molecule has 2 aromatic rings. The molecule has 2 rings (SSSR count). The predicted octanol–water partition coefficient (Wildman–Crippen LogP) is 1.52. The predicted molar refractivity (Wildman–Crippen MR) is 70.0 cm³/mol. The molecule has 4 radical (unpaired) electrons. The molecule has 1 nitrogen and oxygen atoms in total. The molecule has 0 heterocycles. The third-order valence-corrected chi connectivity index (χ3v) is 4.30. The molecule has 78 valence electrons. The molecule has 0 atom stereocenters. The van der Waals surface area contributed by atoms with Gasteiger partial charge in [0, 0.05) is 0 Å². The Kier molecular flexibility index (Phi) is 3.38. The van der Waals surface area contributed by atoms with Gasteiger partial charge in [0.1, 0.15) is 0 Å². The van der Waals surface area contributed by atoms with Crippen molar-refractivity contribution in [2.75, 3.05) is 0 Å². The smallest absolute Gasteiger partial charge is 0.216 e. The Morgan fingerprint density at radius 3 is 2.25 bits per heavy atom. The molecule has 1 N–H and O–H groups in total. The van der Waals surface area contributed by atoms with Crippen molar-refractivity contribution >= 4 is 23.5 Å². The van der Waals surface area contributed by atoms with Gasteiger partial charge in [-0.05, 0) is 23.2 Å². The molecule has 0 saturated carbocycles. The maximum Gasteiger partial charge on any atom is 0.216 e. The Bertz CT molecular complexity index is 478. The van der Waals surface area contributed by atoms with E-state index in [1.54, 1.807) is 0 Å². The fourth-order valence-electron chi connectivity index (χ4n) is 1.67. The summed E-state index contributed by atoms with van der Waals surface area (Å²) in [5.74, 6) is 0. The van der Waals surface area contributed by atoms with Crippen molar-refractivity contribution in [3.63, 3.8) is 0 Å². The lowest BCUT2D eigenvalue weighted by Crippen LogP contribution is -2.32. The number of rotatable bonds is 2. The van der Waals surface area contributed by atoms with Gasteiger partial charge in [-0.25, -0.2) is 0 Å². The van der Waals surface area contributed by atoms with Crippen molar-refractivity contribution in [3.8, 4) is 11.1 Å². The minimum absolute atomic E-state index is 0.994. The molecule has 0 aliphatic carbocycles. The standard InChI is InChI=1S/C13H12OSi2/c1-10-6-8-11(9-7-10)12-4-2-3-5-13(12)16(14)15/h2-9,14H,1H3. The minimum atomic E-state index is -1.59. The Labute approximate surface area is 101 Å². The van der Waals surface area contributed by atoms with E-state index < -0.39 is 8.56 Å². The van der Waals surface area contributed by atoms with Crippen LogP contribution in [0.25, 0.3) is 11.1 Å². The zero-order valence-electron chi connectivity index (χ0n) is 9.07. The largest absolute Gasteiger partial charge is 0.430 e. The highest BCUT2D eigenvalue weighted by Crippen LogP contribution is 2.17. The van der Waals surface area contributed by atoms with Crippen molar-refractivity contribution in [2.24, 2.45) is 0 Å². The van der Waals surface area contributed by atoms with E-state index in [0.29, 0.717) is 0 Å². The van der Waals surface area contributed by atoms with Crippen molar-refractivity contribution < 1.29 is 4.80 Å². The van der Waals surface area contributed by atoms with Gasteiger partial charge in [-0.15, -0.1) is 0 Å². The van der Waals surface area contributed by atoms with Crippen LogP contribution in [-0.4, -0.2) is 23.1 Å². The van der Waals surface area contributed by atoms with Crippen LogP contribution in [-0.2, 0) is 0 Å². The van der Waals surface area contributed by atoms with Crippen molar-refractivity contribution in [1.82, 2.24) is 0 Å². The molecule has 0 bridgehead atoms. The highest BCUT2D eigenvalue weighted by molar-refractivity contribution is 7.07. The average Bonchev–Trinajstić information content (AvgIpc) is 2.30. The first-order chi connectivity index (χ1) is 7.68. The molecule has 0 unspecified atom stereocenters. The van der Waals surface area contributed by atoms with E-state index in [2.05, 4.69) is 40.9 Å². The van der Waals surface area contributed by atoms with Crippen LogP contribution in [0.1, 0.15) is 5.56 Å². The fraction of sp³-hybridized carbons (Fsp3) is 0.0769. The zero-order chi connectivity index (χ0) is 11.5. The van der Waals surface area contributed by atoms with Gasteiger partial charge in [-0.3, -0.25) is 0 Å². The van der Waals surface area contributed by atoms with E-state index in [0.717, 1.165) is 16.3 Å². The summed E-state index contributed by atoms with van der Waals surface area (Å²) < 4.78 is 0. The normalized spacial score (nSPS) is 10.8. The molecule has 2 aromatic carbocycles. The maximum absolute atomic E-state index is 9.74. The maximum atomic E-state index is 9.74. The summed E-state index contributed by atoms with van der Waals surface area (Å²) >= 11 is 0. The van der Waals surface area contributed by atoms with E-state index in [-0.39, 0.29) is 0 Å². The Morgan fingerprint density at radius 1 is 1.00 bits per heavy atom. The lowest BCUT2D eigenvalue weighted by molar-refractivity contribution is 0.607. The highest BCUT2D eigenvalue weighted by Gasteiger charge is 2.10. The molecular formula is C13H12OSi2. The van der Waals surface area contributed by atoms with E-state index in [1.165, 1.54) is 5.56 Å². The molecule has 0 saturated heterocycles. The third-order valence-electron chi connectivity index (χ3n) is 2.54. The number of benzene rings is 2. The van der Waals surface area contributed by atoms with Crippen molar-refractivity contribution in [2.45, 2.75) is 6.92 Å². The fourth-order valence-corrected chi connectivity index (χ4v) is 3.07. The molecule has 16 heavy (non-hydrogen) atoms. The van der Waals surface area contributed by atoms with E-state index in [4.69, 9.17) is 0 Å². The van der Waals surface area contributed by atoms with Crippen LogP contribution in [0.5, 0.6) is 0 Å². The lowest BCUT2D eigenvalue weighted by Gasteiger charge is -2.10. The van der Waals surface area contributed by atoms with Gasteiger partial charge in [0.05, 0.1) is 9.76 Å². The summed E-state index contributed by atoms with van der Waals surface area (Å²) in [6, 6.07) is 16.3. The summed E-state index contributed by atoms with van der Waals surface area (Å²) in [6.07, 6.45) is 0. The van der Waals surface area contributed by atoms with E-state index in [9.17, 15) is 4.80 Å². The summed E-state index contributed by atoms with van der Waals surface area (Å²) in [5.41, 5.74) is 3.50. The number of hydrogen-bond acceptors (Lipinski definition) is 1. The number of aryl methyl sites for hydroxylation is 1. The van der Waals surface area contributed by atoms with Gasteiger partial charge in [0.2, 0.25) is 8.56 Å². The van der Waals surface area contributed by atoms with Crippen LogP contribution in [0.2, 0.25) is 0 Å². The van der Waals surface area contributed by atoms with Crippen LogP contribution in [0, 0.1) is 6.92 Å². The van der Waals surface area contributed by atoms with Crippen LogP contribution in [0.15, 0.2) is 48.5 Å². The van der Waals surface area contributed by atoms with Gasteiger partial charge in [-0.2, -0.15) is 0 Å². The Balaban J connectivity index is 2.51. The topological polar surface area (TPSA) is 20.2 Å². The van der Waals surface area contributed by atoms with Gasteiger partial charge in [0.15, 0.2) is 0 Å². The van der Waals surface area contributed by atoms with Gasteiger partial charge >= 0.3 is 0 Å². The van der Waals surface area contributed by atoms with E-state index >= 15 is 0 Å². The van der Waals surface area contributed by atoms with Crippen LogP contribution >= 0.6 is 0 Å². The quantitative estimate of drug-likeness (QED) is 0.789. The molecular weight excluding hydrogens is 228 g/mol. The van der Waals surface area contributed by atoms with Gasteiger partial charge < -0.3 is 4.80 Å². The molecule has 3 heteroatoms. The SMILES string of the molecule is Cc1ccc(-c2ccccc2[Si](O)[Si])cc1. The zero-order valence-corrected chi connectivity index (χ0v) is 11.1. The second kappa shape index (κ2) is 4.78. The third kappa shape index (κ3) is 2.32. The second-order valence-electron chi connectivity index (χ2n) is 3.76. The summed E-state index contributed by atoms with van der Waals surface area (Å²) in [5, 5.41) is 0.994. The Hall–Kier alpha value is -1.17. The lowest BCUT2D eigenvalue weighted by atomic mass is 10.0. The minimum Gasteiger partial charge on any atom is -0.430 e. The summed E-state index contributed by atoms with van der Waals surface area (Å²) in [6.45, 7) is 2.07. The first-order valence-corrected chi connectivity index (χ1v) is 8.07. The molecule has 0 aliphatic rings. The first-order valence-electron chi connectivity index (χ1n) is 5.12. The first kappa shape index (κ1) is 11.3. The van der Waals surface area contributed by atoms with E-state index in [1.807, 2.05) is 24.3 Å². The molecule has 0 aliphatic heterocycles. The Morgan fingerprint density at radius 2 is 1.62 bits per heavy atom. The molecule has 0 amide bonds. The second-order valence-corrected chi connectivity index (χ2v) is 6.42. The number of hydrogen-bond donors (Lipinski definition) is 1. The molecule has 0 spiro atoms. The molecule has 0 aromatic heterocycles. The summed E-state index contributed by atoms with van der Waals surface area (Å²) in [4.78, 5) is 9.74. The van der Waals surface area contributed by atoms with Gasteiger partial charge in [0.25, 0.3) is 0 Å². The van der Waals surface area contributed by atoms with Crippen LogP contribution < -0.4 is 5.19 Å². The van der Waals surface area contributed by atoms with Crippen molar-refractivity contribution in [1.29, 1.82) is 0 Å². The van der Waals surface area contributed by atoms with Crippen LogP contribution in [0.4, 0.5) is 0 Å². The highest BCUT2D eigenvalue weighted by atomic mass is 29.2. The average molecular weight is 240 g/mol. The monoisotopic (exact) mass is 240 g/mol. The molecule has 0 fully saturated rings. The summed E-state index contributed by atoms with van der Waals surface area (Å²) in [7, 11) is 1.76. The van der Waals surface area contributed by atoms with Gasteiger partial charge in [-0.1, -0.05) is 54.1 Å². The van der Waals surface area contributed by atoms with Crippen molar-refractivity contribution in [3.05, 3.63) is 54.1 Å².